The van der Waals surface area contributed by atoms with E-state index >= 15 is 0 Å². The van der Waals surface area contributed by atoms with Gasteiger partial charge in [0.25, 0.3) is 5.91 Å². The highest BCUT2D eigenvalue weighted by Gasteiger charge is 2.36. The number of carboxylic acids is 1. The Hall–Kier alpha value is -2.82. The topological polar surface area (TPSA) is 66.8 Å². The van der Waals surface area contributed by atoms with E-state index in [2.05, 4.69) is 13.8 Å². The molecule has 1 aliphatic rings. The number of amides is 1. The number of carbonyl (C=O) groups is 2. The van der Waals surface area contributed by atoms with Crippen LogP contribution in [0.5, 0.6) is 5.75 Å². The van der Waals surface area contributed by atoms with Crippen molar-refractivity contribution in [3.8, 4) is 5.75 Å². The molecule has 1 unspecified atom stereocenters. The lowest BCUT2D eigenvalue weighted by molar-refractivity contribution is -0.138. The van der Waals surface area contributed by atoms with Crippen LogP contribution in [-0.2, 0) is 4.79 Å². The van der Waals surface area contributed by atoms with E-state index in [1.807, 2.05) is 6.07 Å². The molecule has 0 aliphatic carbocycles. The van der Waals surface area contributed by atoms with E-state index < -0.39 is 11.9 Å². The summed E-state index contributed by atoms with van der Waals surface area (Å²) in [4.78, 5) is 25.9. The minimum absolute atomic E-state index is 0.152. The average molecular weight is 339 g/mol. The smallest absolute Gasteiger partial charge is 0.312 e. The lowest BCUT2D eigenvalue weighted by Gasteiger charge is -2.18. The van der Waals surface area contributed by atoms with Gasteiger partial charge in [-0.3, -0.25) is 9.59 Å². The van der Waals surface area contributed by atoms with Crippen molar-refractivity contribution in [1.29, 1.82) is 0 Å². The fraction of sp³-hybridized carbons (Fsp3) is 0.300. The predicted octanol–water partition coefficient (Wildman–Crippen LogP) is 3.55. The second-order valence-corrected chi connectivity index (χ2v) is 6.59. The fourth-order valence-electron chi connectivity index (χ4n) is 2.92. The van der Waals surface area contributed by atoms with Crippen LogP contribution >= 0.6 is 0 Å². The maximum absolute atomic E-state index is 12.8. The van der Waals surface area contributed by atoms with Crippen LogP contribution in [-0.4, -0.2) is 30.1 Å². The van der Waals surface area contributed by atoms with Crippen LogP contribution in [0.4, 0.5) is 5.69 Å². The highest BCUT2D eigenvalue weighted by atomic mass is 16.5. The first-order chi connectivity index (χ1) is 12.0. The first-order valence-corrected chi connectivity index (χ1v) is 8.34. The third kappa shape index (κ3) is 3.50. The van der Waals surface area contributed by atoms with E-state index in [9.17, 15) is 14.7 Å². The monoisotopic (exact) mass is 339 g/mol. The summed E-state index contributed by atoms with van der Waals surface area (Å²) in [6.45, 7) is 4.91. The quantitative estimate of drug-likeness (QED) is 0.904. The number of hydrogen-bond acceptors (Lipinski definition) is 3. The average Bonchev–Trinajstić information content (AvgIpc) is 3.00. The zero-order valence-corrected chi connectivity index (χ0v) is 14.3. The number of ether oxygens (including phenoxy) is 1. The number of hydrogen-bond donors (Lipinski definition) is 1. The molecule has 0 spiro atoms. The van der Waals surface area contributed by atoms with Crippen molar-refractivity contribution in [1.82, 2.24) is 0 Å². The first-order valence-electron chi connectivity index (χ1n) is 8.34. The summed E-state index contributed by atoms with van der Waals surface area (Å²) >= 11 is 0. The molecule has 0 aromatic heterocycles. The van der Waals surface area contributed by atoms with Gasteiger partial charge in [-0.2, -0.15) is 0 Å². The number of anilines is 1. The molecule has 5 nitrogen and oxygen atoms in total. The molecular formula is C20H21NO4. The van der Waals surface area contributed by atoms with Crippen LogP contribution in [0.15, 0.2) is 48.5 Å². The molecule has 0 saturated carbocycles. The van der Waals surface area contributed by atoms with Crippen molar-refractivity contribution in [3.05, 3.63) is 59.7 Å². The van der Waals surface area contributed by atoms with Gasteiger partial charge in [-0.05, 0) is 41.8 Å². The summed E-state index contributed by atoms with van der Waals surface area (Å²) in [5.41, 5.74) is 1.86. The Bertz CT molecular complexity index is 783. The molecule has 0 radical (unpaired) electrons. The molecule has 0 fully saturated rings. The van der Waals surface area contributed by atoms with Crippen molar-refractivity contribution in [3.63, 3.8) is 0 Å². The van der Waals surface area contributed by atoms with Crippen LogP contribution in [0, 0.1) is 5.92 Å². The third-order valence-corrected chi connectivity index (χ3v) is 4.20. The number of fused-ring (bicyclic) bond motifs is 1. The number of nitrogens with zero attached hydrogens (tertiary/aromatic N) is 1. The van der Waals surface area contributed by atoms with E-state index in [-0.39, 0.29) is 12.5 Å². The van der Waals surface area contributed by atoms with Gasteiger partial charge in [-0.25, -0.2) is 0 Å². The van der Waals surface area contributed by atoms with E-state index in [1.54, 1.807) is 42.5 Å². The molecule has 1 atom stereocenters. The lowest BCUT2D eigenvalue weighted by atomic mass is 10.0. The van der Waals surface area contributed by atoms with Gasteiger partial charge in [-0.15, -0.1) is 0 Å². The molecular weight excluding hydrogens is 318 g/mol. The molecule has 1 aliphatic heterocycles. The molecule has 5 heteroatoms. The molecule has 2 aromatic carbocycles. The van der Waals surface area contributed by atoms with E-state index in [0.717, 1.165) is 5.75 Å². The second-order valence-electron chi connectivity index (χ2n) is 6.59. The lowest BCUT2D eigenvalue weighted by Crippen LogP contribution is -2.31. The molecule has 1 heterocycles. The second kappa shape index (κ2) is 6.97. The van der Waals surface area contributed by atoms with Gasteiger partial charge in [0.05, 0.1) is 6.61 Å². The van der Waals surface area contributed by atoms with Crippen molar-refractivity contribution >= 4 is 17.6 Å². The van der Waals surface area contributed by atoms with Crippen molar-refractivity contribution in [2.45, 2.75) is 19.8 Å². The Balaban J connectivity index is 1.80. The van der Waals surface area contributed by atoms with Crippen molar-refractivity contribution in [2.24, 2.45) is 5.92 Å². The zero-order chi connectivity index (χ0) is 18.0. The number of carbonyl (C=O) groups excluding carboxylic acids is 1. The summed E-state index contributed by atoms with van der Waals surface area (Å²) in [6.07, 6.45) is 0. The Morgan fingerprint density at radius 3 is 2.48 bits per heavy atom. The number of para-hydroxylation sites is 1. The maximum atomic E-state index is 12.8. The summed E-state index contributed by atoms with van der Waals surface area (Å²) in [7, 11) is 0. The van der Waals surface area contributed by atoms with Crippen molar-refractivity contribution in [2.75, 3.05) is 18.1 Å². The first kappa shape index (κ1) is 17.0. The molecule has 1 amide bonds. The molecule has 0 saturated heterocycles. The van der Waals surface area contributed by atoms with Crippen LogP contribution in [0.2, 0.25) is 0 Å². The number of benzene rings is 2. The van der Waals surface area contributed by atoms with Gasteiger partial charge >= 0.3 is 5.97 Å². The van der Waals surface area contributed by atoms with Gasteiger partial charge < -0.3 is 14.7 Å². The standard InChI is InChI=1S/C20H21NO4/c1-13(2)12-25-15-9-7-14(8-10-15)19(22)21-11-17(20(23)24)16-5-3-4-6-18(16)21/h3-10,13,17H,11-12H2,1-2H3,(H,23,24). The Morgan fingerprint density at radius 2 is 1.84 bits per heavy atom. The minimum atomic E-state index is -0.916. The molecule has 2 aromatic rings. The van der Waals surface area contributed by atoms with Crippen LogP contribution < -0.4 is 9.64 Å². The highest BCUT2D eigenvalue weighted by molar-refractivity contribution is 6.08. The van der Waals surface area contributed by atoms with Crippen LogP contribution in [0.3, 0.4) is 0 Å². The summed E-state index contributed by atoms with van der Waals surface area (Å²) in [5.74, 6) is -0.661. The molecule has 3 rings (SSSR count). The molecule has 1 N–H and O–H groups in total. The number of carboxylic acid groups (broad SMARTS) is 1. The SMILES string of the molecule is CC(C)COc1ccc(C(=O)N2CC(C(=O)O)c3ccccc32)cc1. The predicted molar refractivity (Wildman–Crippen MR) is 95.3 cm³/mol. The van der Waals surface area contributed by atoms with Crippen molar-refractivity contribution < 1.29 is 19.4 Å². The summed E-state index contributed by atoms with van der Waals surface area (Å²) in [5, 5.41) is 9.42. The summed E-state index contributed by atoms with van der Waals surface area (Å²) < 4.78 is 5.63. The van der Waals surface area contributed by atoms with Gasteiger partial charge in [0.1, 0.15) is 11.7 Å². The Kier molecular flexibility index (Phi) is 4.74. The van der Waals surface area contributed by atoms with Crippen LogP contribution in [0.1, 0.15) is 35.7 Å². The largest absolute Gasteiger partial charge is 0.493 e. The number of rotatable bonds is 5. The highest BCUT2D eigenvalue weighted by Crippen LogP contribution is 2.37. The maximum Gasteiger partial charge on any atom is 0.312 e. The molecule has 25 heavy (non-hydrogen) atoms. The molecule has 0 bridgehead atoms. The Labute approximate surface area is 146 Å². The zero-order valence-electron chi connectivity index (χ0n) is 14.3. The normalized spacial score (nSPS) is 16.0. The van der Waals surface area contributed by atoms with Crippen LogP contribution in [0.25, 0.3) is 0 Å². The minimum Gasteiger partial charge on any atom is -0.493 e. The fourth-order valence-corrected chi connectivity index (χ4v) is 2.92. The summed E-state index contributed by atoms with van der Waals surface area (Å²) in [6, 6.07) is 14.1. The number of aliphatic carboxylic acids is 1. The van der Waals surface area contributed by atoms with E-state index in [4.69, 9.17) is 4.74 Å². The van der Waals surface area contributed by atoms with Gasteiger partial charge in [0.2, 0.25) is 0 Å². The van der Waals surface area contributed by atoms with Gasteiger partial charge in [-0.1, -0.05) is 32.0 Å². The third-order valence-electron chi connectivity index (χ3n) is 4.20. The van der Waals surface area contributed by atoms with E-state index in [1.165, 1.54) is 4.90 Å². The molecule has 130 valence electrons. The van der Waals surface area contributed by atoms with Gasteiger partial charge in [0, 0.05) is 17.8 Å². The van der Waals surface area contributed by atoms with E-state index in [0.29, 0.717) is 29.3 Å². The Morgan fingerprint density at radius 1 is 1.16 bits per heavy atom. The van der Waals surface area contributed by atoms with Gasteiger partial charge in [0.15, 0.2) is 0 Å².